The van der Waals surface area contributed by atoms with Gasteiger partial charge in [-0.3, -0.25) is 0 Å². The first-order valence-electron chi connectivity index (χ1n) is 4.19. The standard InChI is InChI=1S/C8H11ClN4/c1-13(5-2-3-5)7-6(10)4-11-8(9)12-7/h4-5H,2-3,10H2,1H3. The summed E-state index contributed by atoms with van der Waals surface area (Å²) >= 11 is 5.68. The Morgan fingerprint density at radius 3 is 2.92 bits per heavy atom. The van der Waals surface area contributed by atoms with Crippen LogP contribution in [0.1, 0.15) is 12.8 Å². The zero-order valence-electron chi connectivity index (χ0n) is 7.37. The van der Waals surface area contributed by atoms with E-state index in [9.17, 15) is 0 Å². The van der Waals surface area contributed by atoms with Crippen molar-refractivity contribution in [3.8, 4) is 0 Å². The lowest BCUT2D eigenvalue weighted by Crippen LogP contribution is -2.22. The van der Waals surface area contributed by atoms with E-state index in [4.69, 9.17) is 17.3 Å². The maximum Gasteiger partial charge on any atom is 0.224 e. The Balaban J connectivity index is 2.31. The van der Waals surface area contributed by atoms with Crippen molar-refractivity contribution in [1.29, 1.82) is 0 Å². The third-order valence-electron chi connectivity index (χ3n) is 2.20. The molecule has 0 spiro atoms. The van der Waals surface area contributed by atoms with Crippen molar-refractivity contribution in [3.05, 3.63) is 11.5 Å². The number of nitrogen functional groups attached to an aromatic ring is 1. The predicted octanol–water partition coefficient (Wildman–Crippen LogP) is 1.31. The van der Waals surface area contributed by atoms with Crippen LogP contribution < -0.4 is 10.6 Å². The first-order chi connectivity index (χ1) is 6.18. The van der Waals surface area contributed by atoms with Gasteiger partial charge in [-0.05, 0) is 24.4 Å². The van der Waals surface area contributed by atoms with Crippen molar-refractivity contribution >= 4 is 23.1 Å². The maximum atomic E-state index is 5.73. The van der Waals surface area contributed by atoms with Gasteiger partial charge in [-0.1, -0.05) is 0 Å². The fraction of sp³-hybridized carbons (Fsp3) is 0.500. The van der Waals surface area contributed by atoms with Gasteiger partial charge in [0.05, 0.1) is 11.9 Å². The van der Waals surface area contributed by atoms with E-state index in [1.165, 1.54) is 12.8 Å². The highest BCUT2D eigenvalue weighted by Gasteiger charge is 2.28. The van der Waals surface area contributed by atoms with Crippen molar-refractivity contribution in [2.75, 3.05) is 17.7 Å². The zero-order valence-corrected chi connectivity index (χ0v) is 8.12. The minimum Gasteiger partial charge on any atom is -0.394 e. The van der Waals surface area contributed by atoms with E-state index in [0.29, 0.717) is 11.7 Å². The normalized spacial score (nSPS) is 15.8. The summed E-state index contributed by atoms with van der Waals surface area (Å²) in [6.07, 6.45) is 3.96. The van der Waals surface area contributed by atoms with E-state index in [1.807, 2.05) is 7.05 Å². The van der Waals surface area contributed by atoms with E-state index in [0.717, 1.165) is 5.82 Å². The van der Waals surface area contributed by atoms with Gasteiger partial charge in [-0.25, -0.2) is 4.98 Å². The van der Waals surface area contributed by atoms with Gasteiger partial charge in [0.2, 0.25) is 5.28 Å². The highest BCUT2D eigenvalue weighted by Crippen LogP contribution is 2.31. The Morgan fingerprint density at radius 1 is 1.62 bits per heavy atom. The van der Waals surface area contributed by atoms with Gasteiger partial charge in [0, 0.05) is 13.1 Å². The molecular weight excluding hydrogens is 188 g/mol. The van der Waals surface area contributed by atoms with Crippen LogP contribution in [-0.2, 0) is 0 Å². The van der Waals surface area contributed by atoms with Gasteiger partial charge in [-0.2, -0.15) is 4.98 Å². The van der Waals surface area contributed by atoms with Crippen molar-refractivity contribution in [2.45, 2.75) is 18.9 Å². The second-order valence-electron chi connectivity index (χ2n) is 3.26. The Bertz CT molecular complexity index is 324. The molecule has 70 valence electrons. The summed E-state index contributed by atoms with van der Waals surface area (Å²) in [5, 5.41) is 0.247. The monoisotopic (exact) mass is 198 g/mol. The number of aromatic nitrogens is 2. The van der Waals surface area contributed by atoms with Crippen LogP contribution in [0, 0.1) is 0 Å². The van der Waals surface area contributed by atoms with Crippen LogP contribution in [-0.4, -0.2) is 23.1 Å². The van der Waals surface area contributed by atoms with Crippen LogP contribution in [0.4, 0.5) is 11.5 Å². The van der Waals surface area contributed by atoms with E-state index in [1.54, 1.807) is 6.20 Å². The molecule has 0 radical (unpaired) electrons. The molecule has 0 saturated heterocycles. The summed E-state index contributed by atoms with van der Waals surface area (Å²) in [7, 11) is 1.98. The van der Waals surface area contributed by atoms with E-state index in [-0.39, 0.29) is 5.28 Å². The topological polar surface area (TPSA) is 55.0 Å². The molecule has 0 bridgehead atoms. The zero-order chi connectivity index (χ0) is 9.42. The molecule has 1 aromatic rings. The second-order valence-corrected chi connectivity index (χ2v) is 3.60. The van der Waals surface area contributed by atoms with Gasteiger partial charge in [-0.15, -0.1) is 0 Å². The number of hydrogen-bond donors (Lipinski definition) is 1. The fourth-order valence-corrected chi connectivity index (χ4v) is 1.41. The Morgan fingerprint density at radius 2 is 2.31 bits per heavy atom. The lowest BCUT2D eigenvalue weighted by Gasteiger charge is -2.18. The number of halogens is 1. The predicted molar refractivity (Wildman–Crippen MR) is 52.9 cm³/mol. The van der Waals surface area contributed by atoms with Gasteiger partial charge in [0.1, 0.15) is 0 Å². The first-order valence-corrected chi connectivity index (χ1v) is 4.57. The molecule has 0 aromatic carbocycles. The van der Waals surface area contributed by atoms with Crippen molar-refractivity contribution < 1.29 is 0 Å². The Hall–Kier alpha value is -1.03. The summed E-state index contributed by atoms with van der Waals surface area (Å²) in [5.41, 5.74) is 6.31. The third kappa shape index (κ3) is 1.67. The minimum atomic E-state index is 0.247. The largest absolute Gasteiger partial charge is 0.394 e. The molecule has 0 aliphatic heterocycles. The third-order valence-corrected chi connectivity index (χ3v) is 2.38. The van der Waals surface area contributed by atoms with Gasteiger partial charge < -0.3 is 10.6 Å². The molecule has 1 aromatic heterocycles. The van der Waals surface area contributed by atoms with Crippen LogP contribution >= 0.6 is 11.6 Å². The molecule has 5 heteroatoms. The van der Waals surface area contributed by atoms with Crippen molar-refractivity contribution in [1.82, 2.24) is 9.97 Å². The molecular formula is C8H11ClN4. The molecule has 1 heterocycles. The number of rotatable bonds is 2. The minimum absolute atomic E-state index is 0.247. The molecule has 13 heavy (non-hydrogen) atoms. The highest BCUT2D eigenvalue weighted by atomic mass is 35.5. The maximum absolute atomic E-state index is 5.73. The summed E-state index contributed by atoms with van der Waals surface area (Å²) in [5.74, 6) is 0.738. The number of nitrogens with zero attached hydrogens (tertiary/aromatic N) is 3. The molecule has 0 unspecified atom stereocenters. The van der Waals surface area contributed by atoms with Crippen LogP contribution in [0.5, 0.6) is 0 Å². The summed E-state index contributed by atoms with van der Waals surface area (Å²) in [6, 6.07) is 0.577. The van der Waals surface area contributed by atoms with Gasteiger partial charge in [0.25, 0.3) is 0 Å². The van der Waals surface area contributed by atoms with E-state index < -0.39 is 0 Å². The number of anilines is 2. The summed E-state index contributed by atoms with van der Waals surface area (Å²) in [6.45, 7) is 0. The SMILES string of the molecule is CN(c1nc(Cl)ncc1N)C1CC1. The first kappa shape index (κ1) is 8.56. The molecule has 4 nitrogen and oxygen atoms in total. The smallest absolute Gasteiger partial charge is 0.224 e. The molecule has 1 fully saturated rings. The van der Waals surface area contributed by atoms with Crippen LogP contribution in [0.2, 0.25) is 5.28 Å². The lowest BCUT2D eigenvalue weighted by molar-refractivity contribution is 0.888. The van der Waals surface area contributed by atoms with Crippen LogP contribution in [0.15, 0.2) is 6.20 Å². The Kier molecular flexibility index (Phi) is 2.00. The van der Waals surface area contributed by atoms with E-state index >= 15 is 0 Å². The van der Waals surface area contributed by atoms with Gasteiger partial charge in [0.15, 0.2) is 5.82 Å². The number of hydrogen-bond acceptors (Lipinski definition) is 4. The van der Waals surface area contributed by atoms with E-state index in [2.05, 4.69) is 14.9 Å². The molecule has 1 saturated carbocycles. The fourth-order valence-electron chi connectivity index (χ4n) is 1.28. The highest BCUT2D eigenvalue weighted by molar-refractivity contribution is 6.28. The average molecular weight is 199 g/mol. The average Bonchev–Trinajstić information content (AvgIpc) is 2.91. The lowest BCUT2D eigenvalue weighted by atomic mass is 10.4. The molecule has 1 aliphatic rings. The molecule has 2 rings (SSSR count). The van der Waals surface area contributed by atoms with Crippen molar-refractivity contribution in [2.24, 2.45) is 0 Å². The Labute approximate surface area is 81.7 Å². The molecule has 0 atom stereocenters. The van der Waals surface area contributed by atoms with Crippen molar-refractivity contribution in [3.63, 3.8) is 0 Å². The summed E-state index contributed by atoms with van der Waals surface area (Å²) < 4.78 is 0. The quantitative estimate of drug-likeness (QED) is 0.729. The molecule has 2 N–H and O–H groups in total. The van der Waals surface area contributed by atoms with Crippen LogP contribution in [0.3, 0.4) is 0 Å². The molecule has 0 amide bonds. The van der Waals surface area contributed by atoms with Gasteiger partial charge >= 0.3 is 0 Å². The van der Waals surface area contributed by atoms with Crippen LogP contribution in [0.25, 0.3) is 0 Å². The second kappa shape index (κ2) is 3.03. The number of nitrogens with two attached hydrogens (primary N) is 1. The summed E-state index contributed by atoms with van der Waals surface area (Å²) in [4.78, 5) is 9.95. The molecule has 1 aliphatic carbocycles.